The quantitative estimate of drug-likeness (QED) is 0.732. The van der Waals surface area contributed by atoms with Gasteiger partial charge in [0.2, 0.25) is 5.75 Å². The smallest absolute Gasteiger partial charge is 0.416 e. The first-order valence-electron chi connectivity index (χ1n) is 8.04. The van der Waals surface area contributed by atoms with E-state index in [0.29, 0.717) is 40.2 Å². The van der Waals surface area contributed by atoms with Crippen LogP contribution in [0.15, 0.2) is 35.9 Å². The number of halogens is 3. The van der Waals surface area contributed by atoms with Crippen molar-refractivity contribution in [1.29, 1.82) is 0 Å². The van der Waals surface area contributed by atoms with Crippen molar-refractivity contribution in [3.05, 3.63) is 58.2 Å². The number of hydrogen-bond acceptors (Lipinski definition) is 4. The first-order valence-corrected chi connectivity index (χ1v) is 8.04. The van der Waals surface area contributed by atoms with Gasteiger partial charge in [0.25, 0.3) is 0 Å². The number of carbonyl (C=O) groups is 1. The number of allylic oxidation sites excluding steroid dienone is 1. The molecule has 1 aliphatic carbocycles. The molecular weight excluding hydrogens is 361 g/mol. The van der Waals surface area contributed by atoms with Crippen LogP contribution in [0.4, 0.5) is 13.2 Å². The van der Waals surface area contributed by atoms with E-state index >= 15 is 0 Å². The SMILES string of the molecule is COc1cc2c(c(OC)c1OC)C(=O)/C(=C/c1ccc(C(F)(F)F)cc1)C2. The van der Waals surface area contributed by atoms with E-state index in [2.05, 4.69) is 0 Å². The summed E-state index contributed by atoms with van der Waals surface area (Å²) in [7, 11) is 4.37. The zero-order valence-electron chi connectivity index (χ0n) is 14.9. The van der Waals surface area contributed by atoms with Crippen LogP contribution in [-0.2, 0) is 12.6 Å². The Morgan fingerprint density at radius 3 is 2.11 bits per heavy atom. The molecule has 3 rings (SSSR count). The summed E-state index contributed by atoms with van der Waals surface area (Å²) >= 11 is 0. The van der Waals surface area contributed by atoms with Crippen LogP contribution in [0.25, 0.3) is 6.08 Å². The van der Waals surface area contributed by atoms with Crippen LogP contribution in [0.5, 0.6) is 17.2 Å². The lowest BCUT2D eigenvalue weighted by Crippen LogP contribution is -2.04. The largest absolute Gasteiger partial charge is 0.493 e. The van der Waals surface area contributed by atoms with Gasteiger partial charge in [-0.3, -0.25) is 4.79 Å². The third-order valence-corrected chi connectivity index (χ3v) is 4.39. The van der Waals surface area contributed by atoms with Crippen molar-refractivity contribution in [3.63, 3.8) is 0 Å². The van der Waals surface area contributed by atoms with Gasteiger partial charge in [0, 0.05) is 12.0 Å². The lowest BCUT2D eigenvalue weighted by atomic mass is 10.1. The van der Waals surface area contributed by atoms with Gasteiger partial charge in [-0.05, 0) is 35.4 Å². The average Bonchev–Trinajstić information content (AvgIpc) is 2.95. The van der Waals surface area contributed by atoms with Crippen LogP contribution in [0.3, 0.4) is 0 Å². The molecule has 0 radical (unpaired) electrons. The maximum Gasteiger partial charge on any atom is 0.416 e. The highest BCUT2D eigenvalue weighted by Crippen LogP contribution is 2.46. The maximum atomic E-state index is 12.9. The van der Waals surface area contributed by atoms with Crippen molar-refractivity contribution in [2.45, 2.75) is 12.6 Å². The Morgan fingerprint density at radius 2 is 1.59 bits per heavy atom. The minimum Gasteiger partial charge on any atom is -0.493 e. The van der Waals surface area contributed by atoms with Gasteiger partial charge in [0.1, 0.15) is 0 Å². The maximum absolute atomic E-state index is 12.9. The van der Waals surface area contributed by atoms with Crippen molar-refractivity contribution in [2.24, 2.45) is 0 Å². The number of rotatable bonds is 4. The fourth-order valence-electron chi connectivity index (χ4n) is 3.13. The van der Waals surface area contributed by atoms with Crippen LogP contribution in [0.2, 0.25) is 0 Å². The number of methoxy groups -OCH3 is 3. The molecule has 0 aliphatic heterocycles. The van der Waals surface area contributed by atoms with E-state index in [1.807, 2.05) is 0 Å². The molecule has 0 saturated heterocycles. The summed E-state index contributed by atoms with van der Waals surface area (Å²) < 4.78 is 54.0. The molecule has 0 atom stereocenters. The van der Waals surface area contributed by atoms with E-state index in [1.54, 1.807) is 12.1 Å². The molecule has 27 heavy (non-hydrogen) atoms. The highest BCUT2D eigenvalue weighted by Gasteiger charge is 2.33. The lowest BCUT2D eigenvalue weighted by Gasteiger charge is -2.14. The number of fused-ring (bicyclic) bond motifs is 1. The van der Waals surface area contributed by atoms with E-state index in [-0.39, 0.29) is 11.5 Å². The second-order valence-corrected chi connectivity index (χ2v) is 5.97. The average molecular weight is 378 g/mol. The molecule has 2 aromatic rings. The van der Waals surface area contributed by atoms with Gasteiger partial charge in [-0.1, -0.05) is 12.1 Å². The molecule has 0 aromatic heterocycles. The zero-order valence-corrected chi connectivity index (χ0v) is 14.9. The predicted molar refractivity (Wildman–Crippen MR) is 93.6 cm³/mol. The number of alkyl halides is 3. The summed E-state index contributed by atoms with van der Waals surface area (Å²) in [5, 5.41) is 0. The van der Waals surface area contributed by atoms with Crippen LogP contribution >= 0.6 is 0 Å². The van der Waals surface area contributed by atoms with Gasteiger partial charge in [-0.25, -0.2) is 0 Å². The fourth-order valence-corrected chi connectivity index (χ4v) is 3.13. The number of carbonyl (C=O) groups excluding carboxylic acids is 1. The Hall–Kier alpha value is -2.96. The molecule has 4 nitrogen and oxygen atoms in total. The number of Topliss-reactive ketones (excluding diaryl/α,β-unsaturated/α-hetero) is 1. The number of benzene rings is 2. The Kier molecular flexibility index (Phi) is 4.87. The van der Waals surface area contributed by atoms with E-state index in [1.165, 1.54) is 33.5 Å². The monoisotopic (exact) mass is 378 g/mol. The molecule has 0 amide bonds. The van der Waals surface area contributed by atoms with Gasteiger partial charge in [-0.15, -0.1) is 0 Å². The molecule has 142 valence electrons. The molecule has 0 N–H and O–H groups in total. The summed E-state index contributed by atoms with van der Waals surface area (Å²) in [4.78, 5) is 12.9. The minimum atomic E-state index is -4.40. The third-order valence-electron chi connectivity index (χ3n) is 4.39. The van der Waals surface area contributed by atoms with Crippen molar-refractivity contribution in [2.75, 3.05) is 21.3 Å². The van der Waals surface area contributed by atoms with Crippen molar-refractivity contribution >= 4 is 11.9 Å². The van der Waals surface area contributed by atoms with E-state index in [4.69, 9.17) is 14.2 Å². The third kappa shape index (κ3) is 3.37. The first-order chi connectivity index (χ1) is 12.8. The van der Waals surface area contributed by atoms with E-state index in [9.17, 15) is 18.0 Å². The van der Waals surface area contributed by atoms with Crippen molar-refractivity contribution < 1.29 is 32.2 Å². The standard InChI is InChI=1S/C20H17F3O4/c1-25-15-10-12-9-13(17(24)16(12)19(27-3)18(15)26-2)8-11-4-6-14(7-5-11)20(21,22)23/h4-8,10H,9H2,1-3H3/b13-8+. The lowest BCUT2D eigenvalue weighted by molar-refractivity contribution is -0.137. The highest BCUT2D eigenvalue weighted by atomic mass is 19.4. The van der Waals surface area contributed by atoms with E-state index in [0.717, 1.165) is 12.1 Å². The Labute approximate surface area is 154 Å². The Bertz CT molecular complexity index is 912. The van der Waals surface area contributed by atoms with Crippen LogP contribution < -0.4 is 14.2 Å². The Balaban J connectivity index is 2.00. The van der Waals surface area contributed by atoms with Crippen molar-refractivity contribution in [1.82, 2.24) is 0 Å². The topological polar surface area (TPSA) is 44.8 Å². The summed E-state index contributed by atoms with van der Waals surface area (Å²) in [5.74, 6) is 0.801. The van der Waals surface area contributed by atoms with Gasteiger partial charge in [0.05, 0.1) is 32.5 Å². The molecule has 1 aliphatic rings. The number of ketones is 1. The molecule has 0 bridgehead atoms. The molecule has 0 spiro atoms. The van der Waals surface area contributed by atoms with Crippen LogP contribution in [0, 0.1) is 0 Å². The summed E-state index contributed by atoms with van der Waals surface area (Å²) in [6, 6.07) is 6.37. The fraction of sp³-hybridized carbons (Fsp3) is 0.250. The zero-order chi connectivity index (χ0) is 19.8. The Morgan fingerprint density at radius 1 is 0.963 bits per heavy atom. The van der Waals surface area contributed by atoms with Crippen molar-refractivity contribution in [3.8, 4) is 17.2 Å². The van der Waals surface area contributed by atoms with Gasteiger partial charge in [-0.2, -0.15) is 13.2 Å². The van der Waals surface area contributed by atoms with E-state index < -0.39 is 11.7 Å². The van der Waals surface area contributed by atoms with Crippen LogP contribution in [0.1, 0.15) is 27.0 Å². The van der Waals surface area contributed by atoms with Gasteiger partial charge >= 0.3 is 6.18 Å². The summed E-state index contributed by atoms with van der Waals surface area (Å²) in [6.45, 7) is 0. The second kappa shape index (κ2) is 6.98. The molecule has 0 saturated carbocycles. The normalized spacial score (nSPS) is 15.0. The molecule has 0 fully saturated rings. The second-order valence-electron chi connectivity index (χ2n) is 5.97. The molecule has 2 aromatic carbocycles. The number of ether oxygens (including phenoxy) is 3. The highest BCUT2D eigenvalue weighted by molar-refractivity contribution is 6.17. The first kappa shape index (κ1) is 18.8. The number of hydrogen-bond donors (Lipinski definition) is 0. The van der Waals surface area contributed by atoms with Gasteiger partial charge < -0.3 is 14.2 Å². The summed E-state index contributed by atoms with van der Waals surface area (Å²) in [5.41, 5.74) is 1.33. The molecular formula is C20H17F3O4. The molecule has 0 unspecified atom stereocenters. The molecule has 7 heteroatoms. The molecule has 0 heterocycles. The van der Waals surface area contributed by atoms with Gasteiger partial charge in [0.15, 0.2) is 17.3 Å². The van der Waals surface area contributed by atoms with Crippen LogP contribution in [-0.4, -0.2) is 27.1 Å². The predicted octanol–water partition coefficient (Wildman–Crippen LogP) is 4.55. The minimum absolute atomic E-state index is 0.247. The summed E-state index contributed by atoms with van der Waals surface area (Å²) in [6.07, 6.45) is -2.49.